The maximum absolute atomic E-state index is 12.8. The predicted octanol–water partition coefficient (Wildman–Crippen LogP) is 2.80. The molecule has 0 aliphatic rings. The van der Waals surface area contributed by atoms with E-state index in [9.17, 15) is 4.79 Å². The standard InChI is InChI=1S/C21H29N3O3/c1-23(2)16-12-10-15(11-13-16)17(24(3)4)14-22-21(25)20-18(26-5)8-7-9-19(20)27-6/h7-13,17H,14H2,1-6H3,(H,22,25). The van der Waals surface area contributed by atoms with Gasteiger partial charge >= 0.3 is 0 Å². The molecule has 0 fully saturated rings. The van der Waals surface area contributed by atoms with Crippen molar-refractivity contribution in [3.05, 3.63) is 53.6 Å². The molecule has 0 saturated heterocycles. The average molecular weight is 371 g/mol. The van der Waals surface area contributed by atoms with E-state index in [1.165, 1.54) is 0 Å². The lowest BCUT2D eigenvalue weighted by molar-refractivity contribution is 0.0935. The highest BCUT2D eigenvalue weighted by Gasteiger charge is 2.21. The number of likely N-dealkylation sites (N-methyl/N-ethyl adjacent to an activating group) is 1. The van der Waals surface area contributed by atoms with Gasteiger partial charge in [-0.05, 0) is 43.9 Å². The molecule has 2 rings (SSSR count). The summed E-state index contributed by atoms with van der Waals surface area (Å²) in [5.74, 6) is 0.758. The van der Waals surface area contributed by atoms with Crippen molar-refractivity contribution >= 4 is 11.6 Å². The van der Waals surface area contributed by atoms with Crippen LogP contribution in [0.15, 0.2) is 42.5 Å². The molecule has 6 heteroatoms. The Hall–Kier alpha value is -2.73. The number of hydrogen-bond acceptors (Lipinski definition) is 5. The molecule has 0 saturated carbocycles. The van der Waals surface area contributed by atoms with Gasteiger partial charge in [0.15, 0.2) is 0 Å². The summed E-state index contributed by atoms with van der Waals surface area (Å²) in [5, 5.41) is 3.01. The number of nitrogens with zero attached hydrogens (tertiary/aromatic N) is 2. The van der Waals surface area contributed by atoms with E-state index in [1.807, 2.05) is 28.2 Å². The lowest BCUT2D eigenvalue weighted by atomic mass is 10.0. The van der Waals surface area contributed by atoms with Crippen LogP contribution < -0.4 is 19.7 Å². The van der Waals surface area contributed by atoms with E-state index in [0.717, 1.165) is 11.3 Å². The van der Waals surface area contributed by atoms with Crippen molar-refractivity contribution in [1.82, 2.24) is 10.2 Å². The summed E-state index contributed by atoms with van der Waals surface area (Å²) in [6, 6.07) is 13.7. The van der Waals surface area contributed by atoms with Crippen LogP contribution in [-0.2, 0) is 0 Å². The van der Waals surface area contributed by atoms with Crippen molar-refractivity contribution in [3.8, 4) is 11.5 Å². The number of benzene rings is 2. The molecule has 6 nitrogen and oxygen atoms in total. The summed E-state index contributed by atoms with van der Waals surface area (Å²) < 4.78 is 10.7. The van der Waals surface area contributed by atoms with Crippen LogP contribution in [0.5, 0.6) is 11.5 Å². The minimum atomic E-state index is -0.221. The highest BCUT2D eigenvalue weighted by molar-refractivity contribution is 5.99. The fourth-order valence-corrected chi connectivity index (χ4v) is 2.95. The zero-order valence-corrected chi connectivity index (χ0v) is 16.9. The van der Waals surface area contributed by atoms with Crippen LogP contribution in [0.3, 0.4) is 0 Å². The molecule has 1 amide bonds. The lowest BCUT2D eigenvalue weighted by Gasteiger charge is -2.26. The van der Waals surface area contributed by atoms with Gasteiger partial charge in [0.2, 0.25) is 0 Å². The van der Waals surface area contributed by atoms with Gasteiger partial charge in [-0.2, -0.15) is 0 Å². The third-order valence-electron chi connectivity index (χ3n) is 4.53. The van der Waals surface area contributed by atoms with Gasteiger partial charge in [-0.25, -0.2) is 0 Å². The van der Waals surface area contributed by atoms with Crippen LogP contribution in [0, 0.1) is 0 Å². The topological polar surface area (TPSA) is 54.0 Å². The largest absolute Gasteiger partial charge is 0.496 e. The van der Waals surface area contributed by atoms with E-state index in [2.05, 4.69) is 39.4 Å². The third kappa shape index (κ3) is 4.92. The first-order valence-corrected chi connectivity index (χ1v) is 8.82. The Balaban J connectivity index is 2.18. The van der Waals surface area contributed by atoms with Gasteiger partial charge in [0, 0.05) is 26.3 Å². The van der Waals surface area contributed by atoms with Gasteiger partial charge in [0.05, 0.1) is 20.3 Å². The van der Waals surface area contributed by atoms with Crippen molar-refractivity contribution < 1.29 is 14.3 Å². The number of anilines is 1. The number of hydrogen-bond donors (Lipinski definition) is 1. The Kier molecular flexibility index (Phi) is 7.07. The molecule has 2 aromatic carbocycles. The Morgan fingerprint density at radius 1 is 0.963 bits per heavy atom. The van der Waals surface area contributed by atoms with E-state index < -0.39 is 0 Å². The molecule has 0 aromatic heterocycles. The normalized spacial score (nSPS) is 11.8. The van der Waals surface area contributed by atoms with Gasteiger partial charge in [-0.1, -0.05) is 18.2 Å². The van der Waals surface area contributed by atoms with Crippen LogP contribution in [0.1, 0.15) is 22.0 Å². The van der Waals surface area contributed by atoms with Crippen LogP contribution >= 0.6 is 0 Å². The average Bonchev–Trinajstić information content (AvgIpc) is 2.67. The number of carbonyl (C=O) groups excluding carboxylic acids is 1. The Labute approximate surface area is 161 Å². The SMILES string of the molecule is COc1cccc(OC)c1C(=O)NCC(c1ccc(N(C)C)cc1)N(C)C. The fourth-order valence-electron chi connectivity index (χ4n) is 2.95. The summed E-state index contributed by atoms with van der Waals surface area (Å²) in [4.78, 5) is 17.0. The Bertz CT molecular complexity index is 736. The van der Waals surface area contributed by atoms with Crippen molar-refractivity contribution in [2.45, 2.75) is 6.04 Å². The van der Waals surface area contributed by atoms with Crippen molar-refractivity contribution in [3.63, 3.8) is 0 Å². The van der Waals surface area contributed by atoms with Crippen LogP contribution in [0.25, 0.3) is 0 Å². The van der Waals surface area contributed by atoms with Crippen LogP contribution in [-0.4, -0.2) is 59.8 Å². The molecular formula is C21H29N3O3. The number of carbonyl (C=O) groups is 1. The van der Waals surface area contributed by atoms with Crippen LogP contribution in [0.2, 0.25) is 0 Å². The first-order chi connectivity index (χ1) is 12.9. The van der Waals surface area contributed by atoms with E-state index in [-0.39, 0.29) is 11.9 Å². The zero-order chi connectivity index (χ0) is 20.0. The van der Waals surface area contributed by atoms with Crippen molar-refractivity contribution in [1.29, 1.82) is 0 Å². The maximum Gasteiger partial charge on any atom is 0.258 e. The van der Waals surface area contributed by atoms with E-state index >= 15 is 0 Å². The second-order valence-electron chi connectivity index (χ2n) is 6.71. The molecule has 0 aliphatic heterocycles. The number of nitrogens with one attached hydrogen (secondary N) is 1. The zero-order valence-electron chi connectivity index (χ0n) is 16.9. The smallest absolute Gasteiger partial charge is 0.258 e. The van der Waals surface area contributed by atoms with Gasteiger partial charge in [-0.3, -0.25) is 4.79 Å². The van der Waals surface area contributed by atoms with E-state index in [0.29, 0.717) is 23.6 Å². The molecule has 0 heterocycles. The summed E-state index contributed by atoms with van der Waals surface area (Å²) in [5.41, 5.74) is 2.68. The Morgan fingerprint density at radius 3 is 1.96 bits per heavy atom. The lowest BCUT2D eigenvalue weighted by Crippen LogP contribution is -2.34. The van der Waals surface area contributed by atoms with Gasteiger partial charge in [0.25, 0.3) is 5.91 Å². The second kappa shape index (κ2) is 9.28. The molecule has 0 aliphatic carbocycles. The molecule has 1 N–H and O–H groups in total. The number of ether oxygens (including phenoxy) is 2. The molecular weight excluding hydrogens is 342 g/mol. The molecule has 2 aromatic rings. The van der Waals surface area contributed by atoms with Crippen molar-refractivity contribution in [2.75, 3.05) is 53.9 Å². The van der Waals surface area contributed by atoms with Gasteiger partial charge in [-0.15, -0.1) is 0 Å². The number of rotatable bonds is 8. The van der Waals surface area contributed by atoms with E-state index in [4.69, 9.17) is 9.47 Å². The number of methoxy groups -OCH3 is 2. The monoisotopic (exact) mass is 371 g/mol. The molecule has 0 bridgehead atoms. The fraction of sp³-hybridized carbons (Fsp3) is 0.381. The van der Waals surface area contributed by atoms with Gasteiger partial charge < -0.3 is 24.6 Å². The molecule has 1 unspecified atom stereocenters. The first kappa shape index (κ1) is 20.6. The molecule has 0 radical (unpaired) electrons. The summed E-state index contributed by atoms with van der Waals surface area (Å²) in [6.07, 6.45) is 0. The minimum absolute atomic E-state index is 0.0471. The molecule has 0 spiro atoms. The van der Waals surface area contributed by atoms with E-state index in [1.54, 1.807) is 32.4 Å². The number of amides is 1. The highest BCUT2D eigenvalue weighted by Crippen LogP contribution is 2.28. The Morgan fingerprint density at radius 2 is 1.52 bits per heavy atom. The summed E-state index contributed by atoms with van der Waals surface area (Å²) in [6.45, 7) is 0.467. The summed E-state index contributed by atoms with van der Waals surface area (Å²) >= 11 is 0. The first-order valence-electron chi connectivity index (χ1n) is 8.82. The van der Waals surface area contributed by atoms with Gasteiger partial charge in [0.1, 0.15) is 17.1 Å². The second-order valence-corrected chi connectivity index (χ2v) is 6.71. The summed E-state index contributed by atoms with van der Waals surface area (Å²) in [7, 11) is 11.1. The minimum Gasteiger partial charge on any atom is -0.496 e. The molecule has 146 valence electrons. The molecule has 1 atom stereocenters. The highest BCUT2D eigenvalue weighted by atomic mass is 16.5. The third-order valence-corrected chi connectivity index (χ3v) is 4.53. The quantitative estimate of drug-likeness (QED) is 0.773. The predicted molar refractivity (Wildman–Crippen MR) is 109 cm³/mol. The molecule has 27 heavy (non-hydrogen) atoms. The van der Waals surface area contributed by atoms with Crippen LogP contribution in [0.4, 0.5) is 5.69 Å². The maximum atomic E-state index is 12.8. The van der Waals surface area contributed by atoms with Crippen molar-refractivity contribution in [2.24, 2.45) is 0 Å².